The third-order valence-electron chi connectivity index (χ3n) is 2.83. The summed E-state index contributed by atoms with van der Waals surface area (Å²) in [6.07, 6.45) is 3.29. The van der Waals surface area contributed by atoms with Crippen molar-refractivity contribution in [2.45, 2.75) is 32.2 Å². The molecule has 1 fully saturated rings. The number of carbonyl (C=O) groups excluding carboxylic acids is 1. The molecule has 1 saturated heterocycles. The van der Waals surface area contributed by atoms with E-state index in [-0.39, 0.29) is 12.9 Å². The highest BCUT2D eigenvalue weighted by Gasteiger charge is 2.16. The number of carbonyl (C=O) groups is 1. The molecule has 1 aromatic carbocycles. The summed E-state index contributed by atoms with van der Waals surface area (Å²) < 4.78 is 24.4. The normalized spacial score (nSPS) is 20.2. The Morgan fingerprint density at radius 2 is 2.35 bits per heavy atom. The first kappa shape index (κ1) is 12.2. The van der Waals surface area contributed by atoms with Crippen molar-refractivity contribution in [2.75, 3.05) is 6.61 Å². The van der Waals surface area contributed by atoms with Gasteiger partial charge in [0, 0.05) is 17.7 Å². The van der Waals surface area contributed by atoms with Crippen LogP contribution in [-0.2, 0) is 16.1 Å². The molecule has 1 aliphatic rings. The molecule has 0 aromatic heterocycles. The summed E-state index contributed by atoms with van der Waals surface area (Å²) >= 11 is 0. The van der Waals surface area contributed by atoms with Gasteiger partial charge < -0.3 is 9.47 Å². The second-order valence-electron chi connectivity index (χ2n) is 4.03. The highest BCUT2D eigenvalue weighted by Crippen LogP contribution is 2.18. The highest BCUT2D eigenvalue weighted by atomic mass is 19.1. The molecule has 2 rings (SSSR count). The second-order valence-corrected chi connectivity index (χ2v) is 4.03. The van der Waals surface area contributed by atoms with Crippen LogP contribution in [0, 0.1) is 5.82 Å². The van der Waals surface area contributed by atoms with Crippen LogP contribution >= 0.6 is 0 Å². The van der Waals surface area contributed by atoms with Crippen LogP contribution in [0.15, 0.2) is 18.2 Å². The maximum Gasteiger partial charge on any atom is 0.158 e. The number of rotatable bonds is 4. The third-order valence-corrected chi connectivity index (χ3v) is 2.83. The van der Waals surface area contributed by atoms with Crippen LogP contribution in [-0.4, -0.2) is 19.2 Å². The molecule has 0 radical (unpaired) electrons. The van der Waals surface area contributed by atoms with E-state index in [2.05, 4.69) is 0 Å². The quantitative estimate of drug-likeness (QED) is 0.756. The SMILES string of the molecule is O=Cc1cccc(F)c1COC1CCCCO1. The van der Waals surface area contributed by atoms with Gasteiger partial charge >= 0.3 is 0 Å². The van der Waals surface area contributed by atoms with Crippen molar-refractivity contribution < 1.29 is 18.7 Å². The van der Waals surface area contributed by atoms with Gasteiger partial charge in [0.1, 0.15) is 5.82 Å². The second kappa shape index (κ2) is 5.89. The number of halogens is 1. The van der Waals surface area contributed by atoms with Crippen molar-refractivity contribution in [3.63, 3.8) is 0 Å². The Bertz CT molecular complexity index is 386. The molecule has 0 bridgehead atoms. The van der Waals surface area contributed by atoms with E-state index in [4.69, 9.17) is 9.47 Å². The van der Waals surface area contributed by atoms with E-state index in [1.165, 1.54) is 12.1 Å². The molecular weight excluding hydrogens is 223 g/mol. The molecule has 0 aliphatic carbocycles. The van der Waals surface area contributed by atoms with Gasteiger partial charge in [0.15, 0.2) is 12.6 Å². The average Bonchev–Trinajstić information content (AvgIpc) is 2.38. The third kappa shape index (κ3) is 3.11. The van der Waals surface area contributed by atoms with E-state index in [1.54, 1.807) is 6.07 Å². The van der Waals surface area contributed by atoms with Crippen LogP contribution in [0.3, 0.4) is 0 Å². The van der Waals surface area contributed by atoms with Gasteiger partial charge in [-0.2, -0.15) is 0 Å². The van der Waals surface area contributed by atoms with Crippen molar-refractivity contribution in [1.29, 1.82) is 0 Å². The lowest BCUT2D eigenvalue weighted by atomic mass is 10.1. The Hall–Kier alpha value is -1.26. The monoisotopic (exact) mass is 238 g/mol. The van der Waals surface area contributed by atoms with Crippen LogP contribution < -0.4 is 0 Å². The van der Waals surface area contributed by atoms with Gasteiger partial charge in [-0.05, 0) is 25.3 Å². The van der Waals surface area contributed by atoms with Crippen molar-refractivity contribution in [1.82, 2.24) is 0 Å². The minimum Gasteiger partial charge on any atom is -0.353 e. The molecule has 1 aliphatic heterocycles. The summed E-state index contributed by atoms with van der Waals surface area (Å²) in [5.74, 6) is -0.412. The average molecular weight is 238 g/mol. The number of ether oxygens (including phenoxy) is 2. The summed E-state index contributed by atoms with van der Waals surface area (Å²) in [5.41, 5.74) is 0.637. The van der Waals surface area contributed by atoms with Gasteiger partial charge in [0.25, 0.3) is 0 Å². The largest absolute Gasteiger partial charge is 0.353 e. The zero-order valence-corrected chi connectivity index (χ0v) is 9.52. The number of benzene rings is 1. The smallest absolute Gasteiger partial charge is 0.158 e. The minimum atomic E-state index is -0.412. The van der Waals surface area contributed by atoms with Crippen LogP contribution in [0.25, 0.3) is 0 Å². The summed E-state index contributed by atoms with van der Waals surface area (Å²) in [6.45, 7) is 0.758. The van der Waals surface area contributed by atoms with Crippen molar-refractivity contribution in [3.05, 3.63) is 35.1 Å². The Morgan fingerprint density at radius 3 is 3.06 bits per heavy atom. The zero-order valence-electron chi connectivity index (χ0n) is 9.52. The standard InChI is InChI=1S/C13H15FO3/c14-12-5-3-4-10(8-15)11(12)9-17-13-6-1-2-7-16-13/h3-5,8,13H,1-2,6-7,9H2. The maximum atomic E-state index is 13.5. The predicted molar refractivity (Wildman–Crippen MR) is 60.2 cm³/mol. The molecule has 17 heavy (non-hydrogen) atoms. The van der Waals surface area contributed by atoms with E-state index in [9.17, 15) is 9.18 Å². The van der Waals surface area contributed by atoms with Gasteiger partial charge in [-0.1, -0.05) is 12.1 Å². The molecule has 1 heterocycles. The first-order valence-electron chi connectivity index (χ1n) is 5.77. The van der Waals surface area contributed by atoms with Crippen molar-refractivity contribution in [3.8, 4) is 0 Å². The van der Waals surface area contributed by atoms with Gasteiger partial charge in [-0.15, -0.1) is 0 Å². The number of hydrogen-bond donors (Lipinski definition) is 0. The van der Waals surface area contributed by atoms with E-state index in [1.807, 2.05) is 0 Å². The molecule has 4 heteroatoms. The first-order valence-corrected chi connectivity index (χ1v) is 5.77. The Kier molecular flexibility index (Phi) is 4.23. The lowest BCUT2D eigenvalue weighted by Gasteiger charge is -2.23. The van der Waals surface area contributed by atoms with Gasteiger partial charge in [0.2, 0.25) is 0 Å². The fraction of sp³-hybridized carbons (Fsp3) is 0.462. The zero-order chi connectivity index (χ0) is 12.1. The summed E-state index contributed by atoms with van der Waals surface area (Å²) in [5, 5.41) is 0. The lowest BCUT2D eigenvalue weighted by Crippen LogP contribution is -2.22. The first-order chi connectivity index (χ1) is 8.31. The summed E-state index contributed by atoms with van der Waals surface area (Å²) in [7, 11) is 0. The van der Waals surface area contributed by atoms with Gasteiger partial charge in [0.05, 0.1) is 6.61 Å². The van der Waals surface area contributed by atoms with Crippen molar-refractivity contribution >= 4 is 6.29 Å². The molecule has 3 nitrogen and oxygen atoms in total. The maximum absolute atomic E-state index is 13.5. The van der Waals surface area contributed by atoms with Crippen LogP contribution in [0.4, 0.5) is 4.39 Å². The fourth-order valence-corrected chi connectivity index (χ4v) is 1.86. The van der Waals surface area contributed by atoms with Crippen LogP contribution in [0.1, 0.15) is 35.2 Å². The number of aldehydes is 1. The fourth-order valence-electron chi connectivity index (χ4n) is 1.86. The molecule has 0 amide bonds. The summed E-state index contributed by atoms with van der Waals surface area (Å²) in [6, 6.07) is 4.42. The summed E-state index contributed by atoms with van der Waals surface area (Å²) in [4.78, 5) is 10.8. The molecule has 1 unspecified atom stereocenters. The van der Waals surface area contributed by atoms with E-state index < -0.39 is 5.82 Å². The molecule has 0 saturated carbocycles. The van der Waals surface area contributed by atoms with Gasteiger partial charge in [-0.25, -0.2) is 4.39 Å². The topological polar surface area (TPSA) is 35.5 Å². The molecule has 1 atom stereocenters. The molecule has 0 N–H and O–H groups in total. The minimum absolute atomic E-state index is 0.0748. The lowest BCUT2D eigenvalue weighted by molar-refractivity contribution is -0.169. The molecule has 1 aromatic rings. The van der Waals surface area contributed by atoms with E-state index in [0.717, 1.165) is 19.3 Å². The van der Waals surface area contributed by atoms with Crippen molar-refractivity contribution in [2.24, 2.45) is 0 Å². The molecule has 0 spiro atoms. The molecule has 92 valence electrons. The Balaban J connectivity index is 2.00. The predicted octanol–water partition coefficient (Wildman–Crippen LogP) is 2.68. The van der Waals surface area contributed by atoms with Crippen LogP contribution in [0.2, 0.25) is 0 Å². The van der Waals surface area contributed by atoms with E-state index in [0.29, 0.717) is 24.0 Å². The molecular formula is C13H15FO3. The highest BCUT2D eigenvalue weighted by molar-refractivity contribution is 5.77. The Morgan fingerprint density at radius 1 is 1.47 bits per heavy atom. The number of hydrogen-bond acceptors (Lipinski definition) is 3. The van der Waals surface area contributed by atoms with Gasteiger partial charge in [-0.3, -0.25) is 4.79 Å². The van der Waals surface area contributed by atoms with Crippen LogP contribution in [0.5, 0.6) is 0 Å². The van der Waals surface area contributed by atoms with E-state index >= 15 is 0 Å². The Labute approximate surface area is 99.5 Å².